The Morgan fingerprint density at radius 1 is 0.962 bits per heavy atom. The number of hydrogen-bond acceptors (Lipinski definition) is 6. The molecule has 0 heterocycles. The summed E-state index contributed by atoms with van der Waals surface area (Å²) in [5.41, 5.74) is 1.30. The largest absolute Gasteiger partial charge is 0.493 e. The lowest BCUT2D eigenvalue weighted by molar-refractivity contribution is 0.0472. The summed E-state index contributed by atoms with van der Waals surface area (Å²) in [6, 6.07) is 12.4. The first kappa shape index (κ1) is 19.6. The van der Waals surface area contributed by atoms with Crippen molar-refractivity contribution in [2.24, 2.45) is 0 Å². The van der Waals surface area contributed by atoms with E-state index in [1.54, 1.807) is 25.3 Å². The van der Waals surface area contributed by atoms with Crippen molar-refractivity contribution in [3.05, 3.63) is 53.6 Å². The van der Waals surface area contributed by atoms with Crippen molar-refractivity contribution < 1.29 is 23.7 Å². The minimum Gasteiger partial charge on any atom is -0.493 e. The van der Waals surface area contributed by atoms with Gasteiger partial charge in [0.15, 0.2) is 11.5 Å². The normalized spacial score (nSPS) is 10.5. The Balaban J connectivity index is 1.89. The van der Waals surface area contributed by atoms with Crippen molar-refractivity contribution in [2.45, 2.75) is 6.61 Å². The standard InChI is InChI=1S/C20H25NO5/c1-21(2)11-12-25-17-8-5-15(6-9-17)14-26-20(22)16-7-10-18(23-3)19(13-16)24-4/h5-10,13H,11-12,14H2,1-4H3. The predicted molar refractivity (Wildman–Crippen MR) is 99.2 cm³/mol. The van der Waals surface area contributed by atoms with Crippen LogP contribution in [0.2, 0.25) is 0 Å². The van der Waals surface area contributed by atoms with E-state index in [1.165, 1.54) is 7.11 Å². The Morgan fingerprint density at radius 3 is 2.27 bits per heavy atom. The summed E-state index contributed by atoms with van der Waals surface area (Å²) in [6.07, 6.45) is 0. The Morgan fingerprint density at radius 2 is 1.65 bits per heavy atom. The Bertz CT molecular complexity index is 713. The van der Waals surface area contributed by atoms with Gasteiger partial charge in [0.25, 0.3) is 0 Å². The molecule has 0 amide bonds. The Hall–Kier alpha value is -2.73. The van der Waals surface area contributed by atoms with Crippen LogP contribution >= 0.6 is 0 Å². The molecule has 0 unspecified atom stereocenters. The number of hydrogen-bond donors (Lipinski definition) is 0. The van der Waals surface area contributed by atoms with Gasteiger partial charge in [-0.3, -0.25) is 0 Å². The average Bonchev–Trinajstić information content (AvgIpc) is 2.66. The molecular weight excluding hydrogens is 334 g/mol. The molecular formula is C20H25NO5. The van der Waals surface area contributed by atoms with Crippen LogP contribution in [0.3, 0.4) is 0 Å². The molecule has 0 aromatic heterocycles. The van der Waals surface area contributed by atoms with Gasteiger partial charge in [-0.05, 0) is 50.0 Å². The summed E-state index contributed by atoms with van der Waals surface area (Å²) < 4.78 is 21.4. The number of likely N-dealkylation sites (N-methyl/N-ethyl adjacent to an activating group) is 1. The molecule has 0 aliphatic carbocycles. The van der Waals surface area contributed by atoms with E-state index in [1.807, 2.05) is 38.4 Å². The fraction of sp³-hybridized carbons (Fsp3) is 0.350. The lowest BCUT2D eigenvalue weighted by Gasteiger charge is -2.11. The van der Waals surface area contributed by atoms with Gasteiger partial charge in [0.2, 0.25) is 0 Å². The van der Waals surface area contributed by atoms with Gasteiger partial charge in [-0.1, -0.05) is 12.1 Å². The number of rotatable bonds is 9. The summed E-state index contributed by atoms with van der Waals surface area (Å²) in [5.74, 6) is 1.43. The molecule has 6 nitrogen and oxygen atoms in total. The highest BCUT2D eigenvalue weighted by atomic mass is 16.5. The topological polar surface area (TPSA) is 57.2 Å². The van der Waals surface area contributed by atoms with Crippen LogP contribution in [0.1, 0.15) is 15.9 Å². The molecule has 0 radical (unpaired) electrons. The molecule has 0 N–H and O–H groups in total. The fourth-order valence-corrected chi connectivity index (χ4v) is 2.22. The number of carbonyl (C=O) groups is 1. The number of carbonyl (C=O) groups excluding carboxylic acids is 1. The van der Waals surface area contributed by atoms with Crippen LogP contribution in [-0.2, 0) is 11.3 Å². The van der Waals surface area contributed by atoms with Crippen molar-refractivity contribution in [2.75, 3.05) is 41.5 Å². The van der Waals surface area contributed by atoms with Gasteiger partial charge in [-0.25, -0.2) is 4.79 Å². The molecule has 0 saturated carbocycles. The monoisotopic (exact) mass is 359 g/mol. The fourth-order valence-electron chi connectivity index (χ4n) is 2.22. The molecule has 0 bridgehead atoms. The zero-order valence-corrected chi connectivity index (χ0v) is 15.7. The zero-order chi connectivity index (χ0) is 18.9. The van der Waals surface area contributed by atoms with E-state index in [0.717, 1.165) is 17.9 Å². The van der Waals surface area contributed by atoms with Gasteiger partial charge >= 0.3 is 5.97 Å². The molecule has 0 fully saturated rings. The van der Waals surface area contributed by atoms with Crippen LogP contribution in [0.4, 0.5) is 0 Å². The average molecular weight is 359 g/mol. The molecule has 0 spiro atoms. The maximum Gasteiger partial charge on any atom is 0.338 e. The third-order valence-electron chi connectivity index (χ3n) is 3.72. The summed E-state index contributed by atoms with van der Waals surface area (Å²) in [5, 5.41) is 0. The maximum absolute atomic E-state index is 12.2. The minimum absolute atomic E-state index is 0.186. The first-order chi connectivity index (χ1) is 12.5. The third-order valence-corrected chi connectivity index (χ3v) is 3.72. The second-order valence-corrected chi connectivity index (χ2v) is 5.94. The number of esters is 1. The van der Waals surface area contributed by atoms with Crippen LogP contribution < -0.4 is 14.2 Å². The molecule has 0 aliphatic heterocycles. The van der Waals surface area contributed by atoms with Gasteiger partial charge in [0.05, 0.1) is 19.8 Å². The molecule has 2 aromatic rings. The van der Waals surface area contributed by atoms with Gasteiger partial charge in [0.1, 0.15) is 19.0 Å². The van der Waals surface area contributed by atoms with Crippen molar-refractivity contribution in [1.29, 1.82) is 0 Å². The highest BCUT2D eigenvalue weighted by molar-refractivity contribution is 5.90. The molecule has 26 heavy (non-hydrogen) atoms. The number of nitrogens with zero attached hydrogens (tertiary/aromatic N) is 1. The van der Waals surface area contributed by atoms with Gasteiger partial charge in [0, 0.05) is 6.54 Å². The molecule has 0 aliphatic rings. The molecule has 0 saturated heterocycles. The second-order valence-electron chi connectivity index (χ2n) is 5.94. The van der Waals surface area contributed by atoms with Crippen LogP contribution in [-0.4, -0.2) is 52.3 Å². The number of methoxy groups -OCH3 is 2. The summed E-state index contributed by atoms with van der Waals surface area (Å²) in [7, 11) is 7.07. The van der Waals surface area contributed by atoms with Gasteiger partial charge in [-0.2, -0.15) is 0 Å². The highest BCUT2D eigenvalue weighted by Crippen LogP contribution is 2.27. The Kier molecular flexibility index (Phi) is 7.29. The van der Waals surface area contributed by atoms with Crippen molar-refractivity contribution in [1.82, 2.24) is 4.90 Å². The lowest BCUT2D eigenvalue weighted by Crippen LogP contribution is -2.19. The molecule has 0 atom stereocenters. The third kappa shape index (κ3) is 5.67. The minimum atomic E-state index is -0.419. The highest BCUT2D eigenvalue weighted by Gasteiger charge is 2.12. The zero-order valence-electron chi connectivity index (χ0n) is 15.7. The SMILES string of the molecule is COc1ccc(C(=O)OCc2ccc(OCCN(C)C)cc2)cc1OC. The number of benzene rings is 2. The molecule has 140 valence electrons. The number of ether oxygens (including phenoxy) is 4. The first-order valence-electron chi connectivity index (χ1n) is 8.29. The van der Waals surface area contributed by atoms with E-state index in [9.17, 15) is 4.79 Å². The first-order valence-corrected chi connectivity index (χ1v) is 8.29. The Labute approximate surface area is 154 Å². The van der Waals surface area contributed by atoms with E-state index in [-0.39, 0.29) is 6.61 Å². The van der Waals surface area contributed by atoms with E-state index in [4.69, 9.17) is 18.9 Å². The van der Waals surface area contributed by atoms with Crippen LogP contribution in [0.25, 0.3) is 0 Å². The predicted octanol–water partition coefficient (Wildman–Crippen LogP) is 3.00. The quantitative estimate of drug-likeness (QED) is 0.642. The molecule has 6 heteroatoms. The lowest BCUT2D eigenvalue weighted by atomic mass is 10.2. The van der Waals surface area contributed by atoms with Crippen molar-refractivity contribution in [3.63, 3.8) is 0 Å². The van der Waals surface area contributed by atoms with Crippen molar-refractivity contribution in [3.8, 4) is 17.2 Å². The van der Waals surface area contributed by atoms with Crippen LogP contribution in [0, 0.1) is 0 Å². The van der Waals surface area contributed by atoms with Gasteiger partial charge in [-0.15, -0.1) is 0 Å². The van der Waals surface area contributed by atoms with E-state index in [2.05, 4.69) is 4.90 Å². The smallest absolute Gasteiger partial charge is 0.338 e. The van der Waals surface area contributed by atoms with E-state index in [0.29, 0.717) is 23.7 Å². The van der Waals surface area contributed by atoms with Crippen LogP contribution in [0.15, 0.2) is 42.5 Å². The maximum atomic E-state index is 12.2. The van der Waals surface area contributed by atoms with Crippen LogP contribution in [0.5, 0.6) is 17.2 Å². The van der Waals surface area contributed by atoms with Gasteiger partial charge < -0.3 is 23.8 Å². The summed E-state index contributed by atoms with van der Waals surface area (Å²) in [6.45, 7) is 1.66. The van der Waals surface area contributed by atoms with Crippen molar-refractivity contribution >= 4 is 5.97 Å². The summed E-state index contributed by atoms with van der Waals surface area (Å²) >= 11 is 0. The molecule has 2 aromatic carbocycles. The van der Waals surface area contributed by atoms with E-state index < -0.39 is 5.97 Å². The second kappa shape index (κ2) is 9.68. The summed E-state index contributed by atoms with van der Waals surface area (Å²) in [4.78, 5) is 14.3. The molecule has 2 rings (SSSR count). The van der Waals surface area contributed by atoms with E-state index >= 15 is 0 Å².